The van der Waals surface area contributed by atoms with Gasteiger partial charge >= 0.3 is 0 Å². The van der Waals surface area contributed by atoms with Crippen molar-refractivity contribution in [2.75, 3.05) is 13.1 Å². The van der Waals surface area contributed by atoms with Crippen molar-refractivity contribution in [1.29, 1.82) is 0 Å². The highest BCUT2D eigenvalue weighted by Gasteiger charge is 2.45. The molecule has 0 aromatic carbocycles. The molecule has 2 rings (SSSR count). The molecule has 0 atom stereocenters. The van der Waals surface area contributed by atoms with Gasteiger partial charge in [-0.3, -0.25) is 9.89 Å². The van der Waals surface area contributed by atoms with Gasteiger partial charge in [0, 0.05) is 19.3 Å². The fourth-order valence-electron chi connectivity index (χ4n) is 1.81. The Labute approximate surface area is 99.2 Å². The lowest BCUT2D eigenvalue weighted by Crippen LogP contribution is -2.63. The average Bonchev–Trinajstić information content (AvgIpc) is 2.75. The summed E-state index contributed by atoms with van der Waals surface area (Å²) in [5, 5.41) is 8.73. The fourth-order valence-corrected chi connectivity index (χ4v) is 3.47. The molecule has 2 heterocycles. The van der Waals surface area contributed by atoms with E-state index in [4.69, 9.17) is 0 Å². The van der Waals surface area contributed by atoms with Crippen molar-refractivity contribution < 1.29 is 13.2 Å². The smallest absolute Gasteiger partial charge is 0.247 e. The van der Waals surface area contributed by atoms with E-state index in [2.05, 4.69) is 15.5 Å². The first-order chi connectivity index (χ1) is 7.87. The molecule has 1 aromatic heterocycles. The van der Waals surface area contributed by atoms with Gasteiger partial charge in [-0.05, 0) is 13.8 Å². The summed E-state index contributed by atoms with van der Waals surface area (Å²) in [7, 11) is -3.68. The van der Waals surface area contributed by atoms with Crippen molar-refractivity contribution in [3.8, 4) is 0 Å². The average molecular weight is 258 g/mol. The van der Waals surface area contributed by atoms with Gasteiger partial charge in [-0.2, -0.15) is 9.40 Å². The predicted molar refractivity (Wildman–Crippen MR) is 59.6 cm³/mol. The summed E-state index contributed by atoms with van der Waals surface area (Å²) >= 11 is 0. The van der Waals surface area contributed by atoms with Gasteiger partial charge in [0.15, 0.2) is 0 Å². The Morgan fingerprint density at radius 3 is 2.76 bits per heavy atom. The molecule has 2 N–H and O–H groups in total. The summed E-state index contributed by atoms with van der Waals surface area (Å²) in [6.07, 6.45) is 2.54. The van der Waals surface area contributed by atoms with Crippen LogP contribution in [0.4, 0.5) is 0 Å². The first kappa shape index (κ1) is 12.1. The fraction of sp³-hybridized carbons (Fsp3) is 0.556. The third-order valence-electron chi connectivity index (χ3n) is 2.84. The highest BCUT2D eigenvalue weighted by molar-refractivity contribution is 7.89. The van der Waals surface area contributed by atoms with Crippen LogP contribution < -0.4 is 5.32 Å². The molecule has 1 aliphatic rings. The van der Waals surface area contributed by atoms with Gasteiger partial charge in [0.25, 0.3) is 0 Å². The number of carbonyl (C=O) groups excluding carboxylic acids is 1. The van der Waals surface area contributed by atoms with Crippen LogP contribution in [0.1, 0.15) is 13.8 Å². The topological polar surface area (TPSA) is 95.2 Å². The molecule has 94 valence electrons. The number of piperazine rings is 1. The Balaban J connectivity index is 2.43. The van der Waals surface area contributed by atoms with Crippen LogP contribution in [0.2, 0.25) is 0 Å². The molecule has 1 aromatic rings. The van der Waals surface area contributed by atoms with Crippen LogP contribution in [0.25, 0.3) is 0 Å². The van der Waals surface area contributed by atoms with Crippen LogP contribution in [0, 0.1) is 0 Å². The first-order valence-corrected chi connectivity index (χ1v) is 6.61. The summed E-state index contributed by atoms with van der Waals surface area (Å²) in [5.74, 6) is -0.296. The van der Waals surface area contributed by atoms with Crippen LogP contribution in [-0.4, -0.2) is 47.5 Å². The van der Waals surface area contributed by atoms with Crippen LogP contribution in [0.15, 0.2) is 17.3 Å². The van der Waals surface area contributed by atoms with E-state index in [0.29, 0.717) is 6.54 Å². The molecular weight excluding hydrogens is 244 g/mol. The highest BCUT2D eigenvalue weighted by atomic mass is 32.2. The summed E-state index contributed by atoms with van der Waals surface area (Å²) in [4.78, 5) is 11.8. The van der Waals surface area contributed by atoms with E-state index in [1.54, 1.807) is 13.8 Å². The number of amides is 1. The zero-order valence-corrected chi connectivity index (χ0v) is 10.4. The zero-order chi connectivity index (χ0) is 12.7. The van der Waals surface area contributed by atoms with E-state index in [1.165, 1.54) is 16.7 Å². The maximum Gasteiger partial charge on any atom is 0.247 e. The van der Waals surface area contributed by atoms with E-state index >= 15 is 0 Å². The van der Waals surface area contributed by atoms with E-state index in [1.807, 2.05) is 0 Å². The number of aromatic amines is 1. The number of H-pyrrole nitrogens is 1. The van der Waals surface area contributed by atoms with Crippen molar-refractivity contribution in [1.82, 2.24) is 19.8 Å². The molecule has 0 radical (unpaired) electrons. The Morgan fingerprint density at radius 1 is 1.47 bits per heavy atom. The molecule has 0 spiro atoms. The number of hydrogen-bond acceptors (Lipinski definition) is 4. The van der Waals surface area contributed by atoms with Crippen LogP contribution in [0.3, 0.4) is 0 Å². The molecule has 0 bridgehead atoms. The molecule has 8 heteroatoms. The predicted octanol–water partition coefficient (Wildman–Crippen LogP) is -0.691. The number of hydrogen-bond donors (Lipinski definition) is 2. The maximum atomic E-state index is 12.3. The summed E-state index contributed by atoms with van der Waals surface area (Å²) in [6.45, 7) is 3.74. The molecule has 7 nitrogen and oxygen atoms in total. The van der Waals surface area contributed by atoms with Crippen molar-refractivity contribution in [2.45, 2.75) is 24.3 Å². The van der Waals surface area contributed by atoms with Gasteiger partial charge < -0.3 is 5.32 Å². The van der Waals surface area contributed by atoms with E-state index in [0.717, 1.165) is 0 Å². The second kappa shape index (κ2) is 3.81. The minimum atomic E-state index is -3.68. The summed E-state index contributed by atoms with van der Waals surface area (Å²) < 4.78 is 25.8. The Kier molecular flexibility index (Phi) is 2.70. The molecule has 1 saturated heterocycles. The minimum absolute atomic E-state index is 0.0697. The quantitative estimate of drug-likeness (QED) is 0.734. The molecule has 0 unspecified atom stereocenters. The summed E-state index contributed by atoms with van der Waals surface area (Å²) in [5.41, 5.74) is -1.09. The lowest BCUT2D eigenvalue weighted by Gasteiger charge is -2.39. The van der Waals surface area contributed by atoms with Crippen molar-refractivity contribution in [3.05, 3.63) is 12.4 Å². The van der Waals surface area contributed by atoms with Crippen LogP contribution in [0.5, 0.6) is 0 Å². The third-order valence-corrected chi connectivity index (χ3v) is 4.88. The number of carbonyl (C=O) groups is 1. The number of aromatic nitrogens is 2. The molecule has 0 aliphatic carbocycles. The minimum Gasteiger partial charge on any atom is -0.353 e. The lowest BCUT2D eigenvalue weighted by atomic mass is 10.0. The largest absolute Gasteiger partial charge is 0.353 e. The normalized spacial score (nSPS) is 21.2. The van der Waals surface area contributed by atoms with Gasteiger partial charge in [0.05, 0.1) is 6.20 Å². The second-order valence-corrected chi connectivity index (χ2v) is 6.19. The van der Waals surface area contributed by atoms with E-state index in [9.17, 15) is 13.2 Å². The molecule has 1 aliphatic heterocycles. The highest BCUT2D eigenvalue weighted by Crippen LogP contribution is 2.25. The van der Waals surface area contributed by atoms with Crippen molar-refractivity contribution in [2.24, 2.45) is 0 Å². The van der Waals surface area contributed by atoms with E-state index < -0.39 is 15.6 Å². The Hall–Kier alpha value is -1.41. The van der Waals surface area contributed by atoms with Crippen LogP contribution >= 0.6 is 0 Å². The molecule has 1 fully saturated rings. The van der Waals surface area contributed by atoms with Gasteiger partial charge in [-0.25, -0.2) is 8.42 Å². The Morgan fingerprint density at radius 2 is 2.18 bits per heavy atom. The number of sulfonamides is 1. The molecule has 17 heavy (non-hydrogen) atoms. The third kappa shape index (κ3) is 1.83. The molecular formula is C9H14N4O3S. The van der Waals surface area contributed by atoms with Crippen molar-refractivity contribution in [3.63, 3.8) is 0 Å². The SMILES string of the molecule is CC1(C)C(=O)NCCN1S(=O)(=O)c1cn[nH]c1. The van der Waals surface area contributed by atoms with Gasteiger partial charge in [0.2, 0.25) is 15.9 Å². The lowest BCUT2D eigenvalue weighted by molar-refractivity contribution is -0.131. The number of rotatable bonds is 2. The molecule has 1 amide bonds. The second-order valence-electron chi connectivity index (χ2n) is 4.33. The first-order valence-electron chi connectivity index (χ1n) is 5.17. The monoisotopic (exact) mass is 258 g/mol. The van der Waals surface area contributed by atoms with Gasteiger partial charge in [0.1, 0.15) is 10.4 Å². The number of nitrogens with zero attached hydrogens (tertiary/aromatic N) is 2. The van der Waals surface area contributed by atoms with Gasteiger partial charge in [-0.1, -0.05) is 0 Å². The van der Waals surface area contributed by atoms with Crippen LogP contribution in [-0.2, 0) is 14.8 Å². The zero-order valence-electron chi connectivity index (χ0n) is 9.60. The standard InChI is InChI=1S/C9H14N4O3S/c1-9(2)8(14)10-3-4-13(9)17(15,16)7-5-11-12-6-7/h5-6H,3-4H2,1-2H3,(H,10,14)(H,11,12). The van der Waals surface area contributed by atoms with Gasteiger partial charge in [-0.15, -0.1) is 0 Å². The summed E-state index contributed by atoms with van der Waals surface area (Å²) in [6, 6.07) is 0. The Bertz CT molecular complexity index is 520. The molecule has 0 saturated carbocycles. The maximum absolute atomic E-state index is 12.3. The van der Waals surface area contributed by atoms with E-state index in [-0.39, 0.29) is 17.3 Å². The van der Waals surface area contributed by atoms with Crippen molar-refractivity contribution >= 4 is 15.9 Å². The number of nitrogens with one attached hydrogen (secondary N) is 2.